The minimum absolute atomic E-state index is 0.294. The number of halogens is 1. The van der Waals surface area contributed by atoms with Crippen molar-refractivity contribution in [1.29, 1.82) is 0 Å². The van der Waals surface area contributed by atoms with Crippen LogP contribution in [0.15, 0.2) is 36.5 Å². The molecule has 0 aliphatic heterocycles. The molecule has 0 fully saturated rings. The molecular formula is C19H20AsFN2O2. The third-order valence-electron chi connectivity index (χ3n) is 3.89. The zero-order valence-corrected chi connectivity index (χ0v) is 16.5. The van der Waals surface area contributed by atoms with Gasteiger partial charge in [-0.1, -0.05) is 0 Å². The van der Waals surface area contributed by atoms with Crippen LogP contribution in [0.4, 0.5) is 4.39 Å². The first-order valence-electron chi connectivity index (χ1n) is 7.78. The van der Waals surface area contributed by atoms with Crippen LogP contribution in [0, 0.1) is 18.2 Å². The van der Waals surface area contributed by atoms with Crippen LogP contribution in [0.25, 0.3) is 0 Å². The number of amides is 1. The van der Waals surface area contributed by atoms with Gasteiger partial charge in [-0.2, -0.15) is 0 Å². The molecule has 1 N–H and O–H groups in total. The van der Waals surface area contributed by atoms with Crippen LogP contribution in [0.5, 0.6) is 5.75 Å². The second kappa shape index (κ2) is 8.18. The molecule has 0 bridgehead atoms. The van der Waals surface area contributed by atoms with Crippen molar-refractivity contribution >= 4 is 30.5 Å². The maximum atomic E-state index is 14.1. The summed E-state index contributed by atoms with van der Waals surface area (Å²) < 4.78 is 20.4. The molecule has 25 heavy (non-hydrogen) atoms. The van der Waals surface area contributed by atoms with E-state index in [0.29, 0.717) is 26.6 Å². The molecule has 0 aliphatic rings. The summed E-state index contributed by atoms with van der Waals surface area (Å²) in [6.45, 7) is 3.70. The Balaban J connectivity index is 2.33. The van der Waals surface area contributed by atoms with Gasteiger partial charge in [0, 0.05) is 0 Å². The van der Waals surface area contributed by atoms with Crippen molar-refractivity contribution in [3.05, 3.63) is 47.9 Å². The first-order chi connectivity index (χ1) is 11.9. The van der Waals surface area contributed by atoms with Crippen molar-refractivity contribution in [2.75, 3.05) is 7.11 Å². The Hall–Kier alpha value is -2.31. The van der Waals surface area contributed by atoms with Gasteiger partial charge in [0.05, 0.1) is 0 Å². The topological polar surface area (TPSA) is 51.2 Å². The predicted molar refractivity (Wildman–Crippen MR) is 98.6 cm³/mol. The molecule has 0 spiro atoms. The van der Waals surface area contributed by atoms with Gasteiger partial charge in [0.2, 0.25) is 0 Å². The quantitative estimate of drug-likeness (QED) is 0.583. The number of terminal acetylenes is 1. The molecule has 1 aromatic carbocycles. The van der Waals surface area contributed by atoms with Gasteiger partial charge in [-0.05, 0) is 0 Å². The van der Waals surface area contributed by atoms with Crippen molar-refractivity contribution in [2.45, 2.75) is 25.8 Å². The van der Waals surface area contributed by atoms with E-state index in [1.54, 1.807) is 37.4 Å². The Morgan fingerprint density at radius 3 is 2.88 bits per heavy atom. The van der Waals surface area contributed by atoms with Gasteiger partial charge < -0.3 is 0 Å². The molecule has 2 atom stereocenters. The molecular weight excluding hydrogens is 382 g/mol. The van der Waals surface area contributed by atoms with E-state index in [-0.39, 0.29) is 11.7 Å². The molecule has 4 nitrogen and oxygen atoms in total. The van der Waals surface area contributed by atoms with Gasteiger partial charge in [0.25, 0.3) is 0 Å². The Morgan fingerprint density at radius 1 is 1.48 bits per heavy atom. The number of methoxy groups -OCH3 is 1. The second-order valence-corrected chi connectivity index (χ2v) is 8.30. The summed E-state index contributed by atoms with van der Waals surface area (Å²) in [4.78, 5) is 17.0. The van der Waals surface area contributed by atoms with Crippen LogP contribution < -0.4 is 18.9 Å². The molecule has 1 amide bonds. The average molecular weight is 402 g/mol. The molecule has 1 unspecified atom stereocenters. The SMILES string of the molecule is C#C[C@](C)(CC)NC(=O)c1cccnc1[AsH]c1cc(OC)ccc1F. The number of aromatic nitrogens is 1. The van der Waals surface area contributed by atoms with Crippen molar-refractivity contribution in [3.63, 3.8) is 0 Å². The molecule has 0 aliphatic carbocycles. The van der Waals surface area contributed by atoms with Crippen molar-refractivity contribution < 1.29 is 13.9 Å². The van der Waals surface area contributed by atoms with E-state index in [1.165, 1.54) is 13.2 Å². The summed E-state index contributed by atoms with van der Waals surface area (Å²) in [6.07, 6.45) is 7.73. The van der Waals surface area contributed by atoms with E-state index >= 15 is 0 Å². The maximum absolute atomic E-state index is 14.1. The van der Waals surface area contributed by atoms with E-state index in [1.807, 2.05) is 6.92 Å². The Morgan fingerprint density at radius 2 is 2.24 bits per heavy atom. The summed E-state index contributed by atoms with van der Waals surface area (Å²) in [5, 5.41) is 2.86. The summed E-state index contributed by atoms with van der Waals surface area (Å²) in [5.41, 5.74) is -0.301. The van der Waals surface area contributed by atoms with E-state index < -0.39 is 21.3 Å². The van der Waals surface area contributed by atoms with Crippen LogP contribution in [0.1, 0.15) is 30.6 Å². The van der Waals surface area contributed by atoms with Crippen LogP contribution in [0.2, 0.25) is 0 Å². The van der Waals surface area contributed by atoms with E-state index in [4.69, 9.17) is 11.2 Å². The third kappa shape index (κ3) is 4.61. The molecule has 1 heterocycles. The zero-order chi connectivity index (χ0) is 18.4. The molecule has 0 saturated carbocycles. The summed E-state index contributed by atoms with van der Waals surface area (Å²) in [5.74, 6) is 2.57. The number of benzene rings is 1. The molecule has 1 aromatic heterocycles. The van der Waals surface area contributed by atoms with Crippen LogP contribution in [0.3, 0.4) is 0 Å². The summed E-state index contributed by atoms with van der Waals surface area (Å²) >= 11 is -1.16. The molecule has 130 valence electrons. The predicted octanol–water partition coefficient (Wildman–Crippen LogP) is 1.15. The fraction of sp³-hybridized carbons (Fsp3) is 0.263. The van der Waals surface area contributed by atoms with Gasteiger partial charge in [-0.15, -0.1) is 0 Å². The normalized spacial score (nSPS) is 13.2. The first kappa shape index (κ1) is 19.0. The van der Waals surface area contributed by atoms with Gasteiger partial charge in [0.1, 0.15) is 0 Å². The number of pyridine rings is 1. The Labute approximate surface area is 153 Å². The Kier molecular flexibility index (Phi) is 6.22. The number of hydrogen-bond acceptors (Lipinski definition) is 3. The van der Waals surface area contributed by atoms with E-state index in [0.717, 1.165) is 0 Å². The van der Waals surface area contributed by atoms with E-state index in [9.17, 15) is 9.18 Å². The van der Waals surface area contributed by atoms with Crippen LogP contribution >= 0.6 is 0 Å². The standard InChI is InChI=1S/C19H20AsFN2O2/c1-5-19(3,6-2)23-18(24)14-8-7-11-22-17(14)20-15-12-13(25-4)9-10-16(15)21/h1,7-12,20H,6H2,2-4H3,(H,23,24)/t19-/m1/s1. The van der Waals surface area contributed by atoms with Crippen molar-refractivity contribution in [3.8, 4) is 18.1 Å². The number of hydrogen-bond donors (Lipinski definition) is 1. The van der Waals surface area contributed by atoms with Crippen LogP contribution in [-0.4, -0.2) is 39.3 Å². The summed E-state index contributed by atoms with van der Waals surface area (Å²) in [6, 6.07) is 7.96. The van der Waals surface area contributed by atoms with Crippen molar-refractivity contribution in [1.82, 2.24) is 10.3 Å². The number of nitrogens with zero attached hydrogens (tertiary/aromatic N) is 1. The monoisotopic (exact) mass is 402 g/mol. The minimum atomic E-state index is -1.16. The molecule has 2 aromatic rings. The Bertz CT molecular complexity index is 819. The first-order valence-corrected chi connectivity index (χ1v) is 9.88. The molecule has 0 radical (unpaired) electrons. The molecule has 6 heteroatoms. The fourth-order valence-electron chi connectivity index (χ4n) is 2.09. The number of ether oxygens (including phenoxy) is 1. The summed E-state index contributed by atoms with van der Waals surface area (Å²) in [7, 11) is 1.53. The van der Waals surface area contributed by atoms with Crippen LogP contribution in [-0.2, 0) is 0 Å². The fourth-order valence-corrected chi connectivity index (χ4v) is 4.49. The van der Waals surface area contributed by atoms with Gasteiger partial charge in [-0.3, -0.25) is 0 Å². The number of rotatable bonds is 6. The van der Waals surface area contributed by atoms with E-state index in [2.05, 4.69) is 16.2 Å². The van der Waals surface area contributed by atoms with Gasteiger partial charge in [0.15, 0.2) is 0 Å². The van der Waals surface area contributed by atoms with Gasteiger partial charge in [-0.25, -0.2) is 0 Å². The zero-order valence-electron chi connectivity index (χ0n) is 14.4. The average Bonchev–Trinajstić information content (AvgIpc) is 2.63. The van der Waals surface area contributed by atoms with Crippen molar-refractivity contribution in [2.24, 2.45) is 0 Å². The molecule has 2 rings (SSSR count). The number of nitrogens with one attached hydrogen (secondary N) is 1. The molecule has 0 saturated heterocycles. The number of carbonyl (C=O) groups is 1. The second-order valence-electron chi connectivity index (χ2n) is 5.65. The van der Waals surface area contributed by atoms with Gasteiger partial charge >= 0.3 is 154 Å². The third-order valence-corrected chi connectivity index (χ3v) is 6.60. The number of carbonyl (C=O) groups excluding carboxylic acids is 1.